The fraction of sp³-hybridized carbons (Fsp3) is 0.600. The SMILES string of the molecule is CCCCCCCCCc1ccc([O])cc1. The molecule has 0 aliphatic carbocycles. The van der Waals surface area contributed by atoms with Gasteiger partial charge in [0.1, 0.15) is 0 Å². The summed E-state index contributed by atoms with van der Waals surface area (Å²) in [5.74, 6) is 0.114. The summed E-state index contributed by atoms with van der Waals surface area (Å²) in [4.78, 5) is 0. The molecule has 0 N–H and O–H groups in total. The summed E-state index contributed by atoms with van der Waals surface area (Å²) in [6, 6.07) is 7.24. The van der Waals surface area contributed by atoms with Crippen LogP contribution in [0.4, 0.5) is 0 Å². The second-order valence-corrected chi connectivity index (χ2v) is 4.52. The van der Waals surface area contributed by atoms with Crippen LogP contribution in [0.3, 0.4) is 0 Å². The van der Waals surface area contributed by atoms with Crippen molar-refractivity contribution in [1.82, 2.24) is 0 Å². The van der Waals surface area contributed by atoms with Gasteiger partial charge >= 0.3 is 0 Å². The summed E-state index contributed by atoms with van der Waals surface area (Å²) in [7, 11) is 0. The van der Waals surface area contributed by atoms with Crippen LogP contribution in [0.25, 0.3) is 0 Å². The Kier molecular flexibility index (Phi) is 6.71. The van der Waals surface area contributed by atoms with Crippen LogP contribution < -0.4 is 0 Å². The fourth-order valence-electron chi connectivity index (χ4n) is 1.94. The zero-order chi connectivity index (χ0) is 11.6. The monoisotopic (exact) mass is 219 g/mol. The van der Waals surface area contributed by atoms with Crippen LogP contribution >= 0.6 is 0 Å². The highest BCUT2D eigenvalue weighted by molar-refractivity contribution is 5.25. The molecule has 1 aromatic rings. The van der Waals surface area contributed by atoms with Gasteiger partial charge in [0.15, 0.2) is 5.75 Å². The maximum atomic E-state index is 10.9. The Morgan fingerprint density at radius 3 is 2.00 bits per heavy atom. The van der Waals surface area contributed by atoms with Crippen LogP contribution in [0, 0.1) is 0 Å². The summed E-state index contributed by atoms with van der Waals surface area (Å²) >= 11 is 0. The summed E-state index contributed by atoms with van der Waals surface area (Å²) in [6.45, 7) is 2.25. The molecule has 1 radical (unpaired) electrons. The highest BCUT2D eigenvalue weighted by Crippen LogP contribution is 2.14. The number of benzene rings is 1. The maximum Gasteiger partial charge on any atom is 0.178 e. The average molecular weight is 219 g/mol. The molecule has 0 aliphatic heterocycles. The molecule has 0 heterocycles. The normalized spacial score (nSPS) is 10.6. The minimum absolute atomic E-state index is 0.114. The van der Waals surface area contributed by atoms with Crippen LogP contribution in [0.2, 0.25) is 0 Å². The number of hydrogen-bond donors (Lipinski definition) is 0. The van der Waals surface area contributed by atoms with Crippen LogP contribution in [0.5, 0.6) is 5.75 Å². The van der Waals surface area contributed by atoms with Crippen molar-refractivity contribution < 1.29 is 5.11 Å². The van der Waals surface area contributed by atoms with Crippen LogP contribution in [-0.2, 0) is 11.5 Å². The highest BCUT2D eigenvalue weighted by atomic mass is 16.3. The summed E-state index contributed by atoms with van der Waals surface area (Å²) in [5, 5.41) is 10.9. The minimum Gasteiger partial charge on any atom is -0.290 e. The van der Waals surface area contributed by atoms with E-state index in [2.05, 4.69) is 6.92 Å². The van der Waals surface area contributed by atoms with Crippen molar-refractivity contribution in [1.29, 1.82) is 0 Å². The Morgan fingerprint density at radius 1 is 0.812 bits per heavy atom. The number of aryl methyl sites for hydroxylation is 1. The lowest BCUT2D eigenvalue weighted by atomic mass is 10.0. The molecule has 0 amide bonds. The van der Waals surface area contributed by atoms with Gasteiger partial charge in [-0.2, -0.15) is 0 Å². The molecule has 0 aliphatic rings. The molecule has 0 spiro atoms. The summed E-state index contributed by atoms with van der Waals surface area (Å²) < 4.78 is 0. The molecular formula is C15H23O. The first-order valence-corrected chi connectivity index (χ1v) is 6.59. The van der Waals surface area contributed by atoms with E-state index < -0.39 is 0 Å². The molecule has 1 rings (SSSR count). The average Bonchev–Trinajstić information content (AvgIpc) is 2.30. The predicted octanol–water partition coefficient (Wildman–Crippen LogP) is 5.12. The number of hydrogen-bond acceptors (Lipinski definition) is 0. The largest absolute Gasteiger partial charge is 0.290 e. The molecule has 0 saturated heterocycles. The van der Waals surface area contributed by atoms with E-state index >= 15 is 0 Å². The Hall–Kier alpha value is -0.980. The van der Waals surface area contributed by atoms with Crippen LogP contribution in [0.1, 0.15) is 57.4 Å². The lowest BCUT2D eigenvalue weighted by Crippen LogP contribution is -1.85. The number of unbranched alkanes of at least 4 members (excludes halogenated alkanes) is 6. The molecule has 0 bridgehead atoms. The van der Waals surface area contributed by atoms with Crippen molar-refractivity contribution in [3.63, 3.8) is 0 Å². The Balaban J connectivity index is 2.01. The van der Waals surface area contributed by atoms with Gasteiger partial charge in [-0.15, -0.1) is 0 Å². The lowest BCUT2D eigenvalue weighted by molar-refractivity contribution is 0.355. The first-order chi connectivity index (χ1) is 7.83. The highest BCUT2D eigenvalue weighted by Gasteiger charge is 1.95. The van der Waals surface area contributed by atoms with Gasteiger partial charge in [0.2, 0.25) is 0 Å². The molecule has 89 valence electrons. The molecule has 16 heavy (non-hydrogen) atoms. The Labute approximate surface area is 99.5 Å². The summed E-state index contributed by atoms with van der Waals surface area (Å²) in [5.41, 5.74) is 1.30. The molecule has 0 saturated carbocycles. The lowest BCUT2D eigenvalue weighted by Gasteiger charge is -2.02. The van der Waals surface area contributed by atoms with Crippen LogP contribution in [-0.4, -0.2) is 0 Å². The van der Waals surface area contributed by atoms with Crippen molar-refractivity contribution in [2.75, 3.05) is 0 Å². The standard InChI is InChI=1S/C15H23O/c1-2-3-4-5-6-7-8-9-14-10-12-15(16)13-11-14/h10-13H,2-9H2,1H3. The molecule has 1 nitrogen and oxygen atoms in total. The van der Waals surface area contributed by atoms with Gasteiger partial charge in [0.05, 0.1) is 0 Å². The van der Waals surface area contributed by atoms with E-state index in [4.69, 9.17) is 0 Å². The van der Waals surface area contributed by atoms with Crippen molar-refractivity contribution in [2.45, 2.75) is 58.3 Å². The van der Waals surface area contributed by atoms with E-state index in [0.717, 1.165) is 6.42 Å². The van der Waals surface area contributed by atoms with Crippen molar-refractivity contribution in [3.05, 3.63) is 29.8 Å². The molecular weight excluding hydrogens is 196 g/mol. The molecule has 0 fully saturated rings. The van der Waals surface area contributed by atoms with E-state index in [1.165, 1.54) is 50.5 Å². The third kappa shape index (κ3) is 5.79. The van der Waals surface area contributed by atoms with Crippen molar-refractivity contribution in [2.24, 2.45) is 0 Å². The van der Waals surface area contributed by atoms with Crippen molar-refractivity contribution >= 4 is 0 Å². The zero-order valence-corrected chi connectivity index (χ0v) is 10.4. The smallest absolute Gasteiger partial charge is 0.178 e. The molecule has 1 heteroatoms. The van der Waals surface area contributed by atoms with Gasteiger partial charge in [-0.25, -0.2) is 0 Å². The predicted molar refractivity (Wildman–Crippen MR) is 68.3 cm³/mol. The van der Waals surface area contributed by atoms with Gasteiger partial charge < -0.3 is 0 Å². The van der Waals surface area contributed by atoms with E-state index in [9.17, 15) is 5.11 Å². The van der Waals surface area contributed by atoms with E-state index in [1.54, 1.807) is 12.1 Å². The Bertz CT molecular complexity index is 263. The third-order valence-corrected chi connectivity index (χ3v) is 2.99. The second kappa shape index (κ2) is 8.20. The molecule has 1 aromatic carbocycles. The Morgan fingerprint density at radius 2 is 1.38 bits per heavy atom. The van der Waals surface area contributed by atoms with E-state index in [0.29, 0.717) is 0 Å². The fourth-order valence-corrected chi connectivity index (χ4v) is 1.94. The van der Waals surface area contributed by atoms with Gasteiger partial charge in [-0.1, -0.05) is 57.6 Å². The maximum absolute atomic E-state index is 10.9. The topological polar surface area (TPSA) is 19.9 Å². The van der Waals surface area contributed by atoms with Gasteiger partial charge in [-0.3, -0.25) is 5.11 Å². The van der Waals surface area contributed by atoms with Gasteiger partial charge in [-0.05, 0) is 30.5 Å². The first kappa shape index (κ1) is 13.1. The van der Waals surface area contributed by atoms with Crippen LogP contribution in [0.15, 0.2) is 24.3 Å². The minimum atomic E-state index is 0.114. The van der Waals surface area contributed by atoms with Gasteiger partial charge in [0, 0.05) is 0 Å². The molecule has 0 atom stereocenters. The third-order valence-electron chi connectivity index (χ3n) is 2.99. The quantitative estimate of drug-likeness (QED) is 0.540. The van der Waals surface area contributed by atoms with E-state index in [-0.39, 0.29) is 5.75 Å². The molecule has 0 aromatic heterocycles. The van der Waals surface area contributed by atoms with Gasteiger partial charge in [0.25, 0.3) is 0 Å². The van der Waals surface area contributed by atoms with Crippen molar-refractivity contribution in [3.8, 4) is 5.75 Å². The number of rotatable bonds is 8. The molecule has 0 unspecified atom stereocenters. The summed E-state index contributed by atoms with van der Waals surface area (Å²) in [6.07, 6.45) is 10.5. The zero-order valence-electron chi connectivity index (χ0n) is 10.4. The second-order valence-electron chi connectivity index (χ2n) is 4.52. The first-order valence-electron chi connectivity index (χ1n) is 6.59. The van der Waals surface area contributed by atoms with E-state index in [1.807, 2.05) is 12.1 Å².